The van der Waals surface area contributed by atoms with Gasteiger partial charge in [-0.25, -0.2) is 9.07 Å². The van der Waals surface area contributed by atoms with Crippen LogP contribution in [0, 0.1) is 26.6 Å². The number of amides is 1. The molecule has 0 aliphatic carbocycles. The molecule has 3 aromatic rings. The summed E-state index contributed by atoms with van der Waals surface area (Å²) >= 11 is 0. The quantitative estimate of drug-likeness (QED) is 0.675. The van der Waals surface area contributed by atoms with Crippen LogP contribution >= 0.6 is 0 Å². The van der Waals surface area contributed by atoms with E-state index in [9.17, 15) is 9.18 Å². The third-order valence-corrected chi connectivity index (χ3v) is 4.24. The fourth-order valence-electron chi connectivity index (χ4n) is 2.93. The highest BCUT2D eigenvalue weighted by molar-refractivity contribution is 5.96. The topological polar surface area (TPSA) is 56.1 Å². The highest BCUT2D eigenvalue weighted by atomic mass is 19.1. The van der Waals surface area contributed by atoms with Gasteiger partial charge in [-0.15, -0.1) is 0 Å². The van der Waals surface area contributed by atoms with Crippen molar-refractivity contribution in [3.63, 3.8) is 0 Å². The lowest BCUT2D eigenvalue weighted by Crippen LogP contribution is -2.29. The molecular formula is C21H22FN3O2. The van der Waals surface area contributed by atoms with Crippen molar-refractivity contribution in [2.45, 2.75) is 20.8 Å². The van der Waals surface area contributed by atoms with Gasteiger partial charge in [0.15, 0.2) is 0 Å². The smallest absolute Gasteiger partial charge is 0.255 e. The van der Waals surface area contributed by atoms with E-state index in [2.05, 4.69) is 10.4 Å². The van der Waals surface area contributed by atoms with Gasteiger partial charge in [-0.05, 0) is 62.7 Å². The van der Waals surface area contributed by atoms with Crippen molar-refractivity contribution < 1.29 is 13.9 Å². The maximum absolute atomic E-state index is 13.1. The average Bonchev–Trinajstić information content (AvgIpc) is 2.94. The van der Waals surface area contributed by atoms with Crippen LogP contribution in [-0.2, 0) is 0 Å². The first-order chi connectivity index (χ1) is 13.0. The molecule has 0 saturated heterocycles. The van der Waals surface area contributed by atoms with Gasteiger partial charge in [-0.1, -0.05) is 12.1 Å². The first-order valence-corrected chi connectivity index (χ1v) is 8.75. The lowest BCUT2D eigenvalue weighted by Gasteiger charge is -2.09. The number of nitrogens with zero attached hydrogens (tertiary/aromatic N) is 2. The van der Waals surface area contributed by atoms with Crippen LogP contribution in [0.5, 0.6) is 5.75 Å². The number of rotatable bonds is 6. The third-order valence-electron chi connectivity index (χ3n) is 4.24. The molecule has 140 valence electrons. The Hall–Kier alpha value is -3.15. The Bertz CT molecular complexity index is 949. The van der Waals surface area contributed by atoms with Crippen molar-refractivity contribution in [2.24, 2.45) is 0 Å². The van der Waals surface area contributed by atoms with Gasteiger partial charge in [0.05, 0.1) is 29.2 Å². The van der Waals surface area contributed by atoms with E-state index in [0.717, 1.165) is 11.3 Å². The van der Waals surface area contributed by atoms with E-state index in [4.69, 9.17) is 4.74 Å². The summed E-state index contributed by atoms with van der Waals surface area (Å²) < 4.78 is 20.4. The molecule has 0 fully saturated rings. The Kier molecular flexibility index (Phi) is 5.54. The molecule has 0 atom stereocenters. The maximum Gasteiger partial charge on any atom is 0.255 e. The van der Waals surface area contributed by atoms with Crippen molar-refractivity contribution in [3.05, 3.63) is 76.9 Å². The number of carbonyl (C=O) groups excluding carboxylic acids is 1. The van der Waals surface area contributed by atoms with E-state index in [1.54, 1.807) is 23.7 Å². The number of carbonyl (C=O) groups is 1. The van der Waals surface area contributed by atoms with E-state index in [1.165, 1.54) is 12.1 Å². The van der Waals surface area contributed by atoms with Gasteiger partial charge >= 0.3 is 0 Å². The lowest BCUT2D eigenvalue weighted by molar-refractivity contribution is 0.0945. The Balaban J connectivity index is 1.64. The highest BCUT2D eigenvalue weighted by Crippen LogP contribution is 2.18. The van der Waals surface area contributed by atoms with E-state index in [0.29, 0.717) is 35.8 Å². The summed E-state index contributed by atoms with van der Waals surface area (Å²) in [4.78, 5) is 12.6. The molecule has 0 aliphatic rings. The molecule has 3 rings (SSSR count). The summed E-state index contributed by atoms with van der Waals surface area (Å²) in [5.74, 6) is 0.263. The number of hydrogen-bond donors (Lipinski definition) is 1. The Labute approximate surface area is 157 Å². The molecule has 0 bridgehead atoms. The predicted octanol–water partition coefficient (Wildman–Crippen LogP) is 3.75. The van der Waals surface area contributed by atoms with Gasteiger partial charge in [-0.2, -0.15) is 5.10 Å². The van der Waals surface area contributed by atoms with Crippen LogP contribution in [0.2, 0.25) is 0 Å². The molecule has 2 aromatic carbocycles. The van der Waals surface area contributed by atoms with Crippen molar-refractivity contribution in [2.75, 3.05) is 13.2 Å². The molecule has 0 unspecified atom stereocenters. The van der Waals surface area contributed by atoms with Crippen LogP contribution in [0.25, 0.3) is 5.69 Å². The molecular weight excluding hydrogens is 345 g/mol. The molecule has 27 heavy (non-hydrogen) atoms. The summed E-state index contributed by atoms with van der Waals surface area (Å²) in [5.41, 5.74) is 3.68. The van der Waals surface area contributed by atoms with Crippen molar-refractivity contribution in [3.8, 4) is 11.4 Å². The number of nitrogens with one attached hydrogen (secondary N) is 1. The summed E-state index contributed by atoms with van der Waals surface area (Å²) in [5, 5.41) is 7.28. The van der Waals surface area contributed by atoms with Gasteiger partial charge in [0.1, 0.15) is 18.2 Å². The summed E-state index contributed by atoms with van der Waals surface area (Å²) in [6, 6.07) is 13.8. The number of ether oxygens (including phenoxy) is 1. The van der Waals surface area contributed by atoms with Crippen LogP contribution in [0.4, 0.5) is 4.39 Å². The molecule has 1 amide bonds. The van der Waals surface area contributed by atoms with Gasteiger partial charge in [0.25, 0.3) is 5.91 Å². The van der Waals surface area contributed by atoms with Crippen LogP contribution in [-0.4, -0.2) is 28.8 Å². The van der Waals surface area contributed by atoms with E-state index >= 15 is 0 Å². The van der Waals surface area contributed by atoms with Crippen LogP contribution in [0.15, 0.2) is 48.5 Å². The number of benzene rings is 2. The Morgan fingerprint density at radius 2 is 1.89 bits per heavy atom. The van der Waals surface area contributed by atoms with Gasteiger partial charge < -0.3 is 10.1 Å². The average molecular weight is 367 g/mol. The molecule has 6 heteroatoms. The van der Waals surface area contributed by atoms with Gasteiger partial charge in [0, 0.05) is 0 Å². The van der Waals surface area contributed by atoms with Crippen LogP contribution in [0.3, 0.4) is 0 Å². The van der Waals surface area contributed by atoms with E-state index in [-0.39, 0.29) is 11.7 Å². The maximum atomic E-state index is 13.1. The lowest BCUT2D eigenvalue weighted by atomic mass is 10.2. The minimum atomic E-state index is -0.313. The van der Waals surface area contributed by atoms with Gasteiger partial charge in [0.2, 0.25) is 0 Å². The monoisotopic (exact) mass is 367 g/mol. The normalized spacial score (nSPS) is 10.7. The predicted molar refractivity (Wildman–Crippen MR) is 102 cm³/mol. The molecule has 0 aliphatic heterocycles. The van der Waals surface area contributed by atoms with E-state index < -0.39 is 0 Å². The van der Waals surface area contributed by atoms with Crippen molar-refractivity contribution in [1.82, 2.24) is 15.1 Å². The number of aromatic nitrogens is 2. The minimum Gasteiger partial charge on any atom is -0.492 e. The molecule has 1 heterocycles. The zero-order valence-electron chi connectivity index (χ0n) is 15.6. The van der Waals surface area contributed by atoms with Crippen molar-refractivity contribution in [1.29, 1.82) is 0 Å². The molecule has 5 nitrogen and oxygen atoms in total. The zero-order chi connectivity index (χ0) is 19.4. The molecule has 0 saturated carbocycles. The second kappa shape index (κ2) is 8.03. The number of hydrogen-bond acceptors (Lipinski definition) is 3. The number of aryl methyl sites for hydroxylation is 2. The standard InChI is InChI=1S/C21H22FN3O2/c1-14-5-4-6-19(13-14)27-12-11-23-21(26)20-15(2)24-25(16(20)3)18-9-7-17(22)8-10-18/h4-10,13H,11-12H2,1-3H3,(H,23,26). The first kappa shape index (κ1) is 18.6. The summed E-state index contributed by atoms with van der Waals surface area (Å²) in [6.45, 7) is 6.36. The number of halogens is 1. The fraction of sp³-hybridized carbons (Fsp3) is 0.238. The highest BCUT2D eigenvalue weighted by Gasteiger charge is 2.19. The second-order valence-corrected chi connectivity index (χ2v) is 6.35. The second-order valence-electron chi connectivity index (χ2n) is 6.35. The molecule has 1 N–H and O–H groups in total. The Morgan fingerprint density at radius 1 is 1.15 bits per heavy atom. The summed E-state index contributed by atoms with van der Waals surface area (Å²) in [6.07, 6.45) is 0. The third kappa shape index (κ3) is 4.34. The summed E-state index contributed by atoms with van der Waals surface area (Å²) in [7, 11) is 0. The SMILES string of the molecule is Cc1cccc(OCCNC(=O)c2c(C)nn(-c3ccc(F)cc3)c2C)c1. The van der Waals surface area contributed by atoms with Crippen LogP contribution < -0.4 is 10.1 Å². The minimum absolute atomic E-state index is 0.203. The van der Waals surface area contributed by atoms with Gasteiger partial charge in [-0.3, -0.25) is 4.79 Å². The molecule has 1 aromatic heterocycles. The zero-order valence-corrected chi connectivity index (χ0v) is 15.6. The van der Waals surface area contributed by atoms with Crippen molar-refractivity contribution >= 4 is 5.91 Å². The first-order valence-electron chi connectivity index (χ1n) is 8.75. The molecule has 0 spiro atoms. The Morgan fingerprint density at radius 3 is 2.59 bits per heavy atom. The molecule has 0 radical (unpaired) electrons. The van der Waals surface area contributed by atoms with Crippen LogP contribution in [0.1, 0.15) is 27.3 Å². The largest absolute Gasteiger partial charge is 0.492 e. The fourth-order valence-corrected chi connectivity index (χ4v) is 2.93. The van der Waals surface area contributed by atoms with E-state index in [1.807, 2.05) is 38.1 Å².